The Morgan fingerprint density at radius 2 is 1.75 bits per heavy atom. The summed E-state index contributed by atoms with van der Waals surface area (Å²) in [5.41, 5.74) is 1.88. The largest absolute Gasteiger partial charge is 0.393 e. The molecule has 0 bridgehead atoms. The molecule has 0 aromatic heterocycles. The van der Waals surface area contributed by atoms with Crippen molar-refractivity contribution >= 4 is 23.2 Å². The third kappa shape index (κ3) is 4.20. The number of hydrogen-bond donors (Lipinski definition) is 1. The third-order valence-corrected chi connectivity index (χ3v) is 7.96. The molecule has 4 aliphatic rings. The molecule has 1 atom stereocenters. The molecule has 2 amide bonds. The Bertz CT molecular complexity index is 905. The normalized spacial score (nSPS) is 25.0. The van der Waals surface area contributed by atoms with Crippen LogP contribution >= 0.6 is 0 Å². The molecule has 2 saturated carbocycles. The quantitative estimate of drug-likeness (QED) is 0.695. The van der Waals surface area contributed by atoms with Gasteiger partial charge in [0, 0.05) is 39.2 Å². The van der Waals surface area contributed by atoms with Gasteiger partial charge in [0.05, 0.1) is 17.2 Å². The topological polar surface area (TPSA) is 52.7 Å². The van der Waals surface area contributed by atoms with Crippen LogP contribution in [0.5, 0.6) is 0 Å². The van der Waals surface area contributed by atoms with Crippen LogP contribution in [0.1, 0.15) is 63.2 Å². The molecule has 1 aromatic carbocycles. The van der Waals surface area contributed by atoms with Crippen LogP contribution in [0.15, 0.2) is 18.2 Å². The second-order valence-electron chi connectivity index (χ2n) is 10.1. The zero-order valence-electron chi connectivity index (χ0n) is 18.2. The summed E-state index contributed by atoms with van der Waals surface area (Å²) in [5, 5.41) is 2.87. The highest BCUT2D eigenvalue weighted by atomic mass is 19.4. The molecule has 1 spiro atoms. The molecular weight excluding hydrogens is 419 g/mol. The van der Waals surface area contributed by atoms with Gasteiger partial charge in [0.25, 0.3) is 5.91 Å². The van der Waals surface area contributed by atoms with Gasteiger partial charge in [-0.05, 0) is 68.6 Å². The maximum absolute atomic E-state index is 13.4. The van der Waals surface area contributed by atoms with Crippen molar-refractivity contribution in [3.63, 3.8) is 0 Å². The van der Waals surface area contributed by atoms with E-state index in [2.05, 4.69) is 5.32 Å². The minimum absolute atomic E-state index is 0. The number of alkyl halides is 3. The number of amides is 2. The smallest absolute Gasteiger partial charge is 0.370 e. The highest BCUT2D eigenvalue weighted by Crippen LogP contribution is 2.49. The van der Waals surface area contributed by atoms with E-state index in [1.165, 1.54) is 19.3 Å². The average molecular weight is 452 g/mol. The molecule has 176 valence electrons. The Labute approximate surface area is 187 Å². The molecule has 2 aliphatic carbocycles. The van der Waals surface area contributed by atoms with Gasteiger partial charge in [0.15, 0.2) is 0 Å². The minimum atomic E-state index is -4.25. The van der Waals surface area contributed by atoms with Crippen molar-refractivity contribution in [2.75, 3.05) is 36.4 Å². The minimum Gasteiger partial charge on any atom is -0.370 e. The lowest BCUT2D eigenvalue weighted by Crippen LogP contribution is -2.46. The monoisotopic (exact) mass is 451 g/mol. The number of carbonyl (C=O) groups is 2. The number of nitrogens with one attached hydrogen (secondary N) is 1. The van der Waals surface area contributed by atoms with E-state index >= 15 is 0 Å². The molecule has 1 aromatic rings. The SMILES string of the molecule is O=C(Nc1ccc(C(=O)N2CCC3(CCC3)CC2)c(N2CCC(C(F)(F)F)C2)c1)C1CC1.[HH]. The van der Waals surface area contributed by atoms with Crippen LogP contribution in [-0.2, 0) is 4.79 Å². The van der Waals surface area contributed by atoms with E-state index in [0.29, 0.717) is 35.4 Å². The number of benzene rings is 1. The van der Waals surface area contributed by atoms with Crippen LogP contribution in [-0.4, -0.2) is 49.1 Å². The van der Waals surface area contributed by atoms with E-state index < -0.39 is 12.1 Å². The Kier molecular flexibility index (Phi) is 5.37. The van der Waals surface area contributed by atoms with Crippen LogP contribution in [0.2, 0.25) is 0 Å². The van der Waals surface area contributed by atoms with E-state index in [1.54, 1.807) is 23.1 Å². The van der Waals surface area contributed by atoms with Gasteiger partial charge in [-0.2, -0.15) is 13.2 Å². The van der Waals surface area contributed by atoms with E-state index in [4.69, 9.17) is 0 Å². The zero-order valence-corrected chi connectivity index (χ0v) is 18.2. The van der Waals surface area contributed by atoms with Crippen LogP contribution in [0.25, 0.3) is 0 Å². The fourth-order valence-corrected chi connectivity index (χ4v) is 5.42. The first kappa shape index (κ1) is 21.6. The molecule has 4 fully saturated rings. The van der Waals surface area contributed by atoms with Crippen molar-refractivity contribution in [1.82, 2.24) is 4.90 Å². The lowest BCUT2D eigenvalue weighted by Gasteiger charge is -2.48. The molecule has 0 radical (unpaired) electrons. The summed E-state index contributed by atoms with van der Waals surface area (Å²) in [6.45, 7) is 1.48. The van der Waals surface area contributed by atoms with E-state index in [1.807, 2.05) is 4.90 Å². The van der Waals surface area contributed by atoms with Gasteiger partial charge in [-0.15, -0.1) is 0 Å². The molecule has 1 unspecified atom stereocenters. The third-order valence-electron chi connectivity index (χ3n) is 7.96. The molecule has 8 heteroatoms. The van der Waals surface area contributed by atoms with Gasteiger partial charge in [0.1, 0.15) is 0 Å². The van der Waals surface area contributed by atoms with Crippen molar-refractivity contribution in [3.8, 4) is 0 Å². The highest BCUT2D eigenvalue weighted by Gasteiger charge is 2.45. The number of piperidine rings is 1. The summed E-state index contributed by atoms with van der Waals surface area (Å²) in [6.07, 6.45) is 3.25. The van der Waals surface area contributed by atoms with Crippen molar-refractivity contribution in [2.24, 2.45) is 17.3 Å². The molecule has 5 nitrogen and oxygen atoms in total. The van der Waals surface area contributed by atoms with Crippen molar-refractivity contribution in [1.29, 1.82) is 0 Å². The first-order valence-corrected chi connectivity index (χ1v) is 11.8. The van der Waals surface area contributed by atoms with Gasteiger partial charge in [-0.25, -0.2) is 0 Å². The van der Waals surface area contributed by atoms with Crippen LogP contribution in [0, 0.1) is 17.3 Å². The lowest BCUT2D eigenvalue weighted by molar-refractivity contribution is -0.168. The van der Waals surface area contributed by atoms with Crippen LogP contribution in [0.4, 0.5) is 24.5 Å². The molecule has 1 N–H and O–H groups in total. The maximum atomic E-state index is 13.4. The van der Waals surface area contributed by atoms with Crippen molar-refractivity contribution < 1.29 is 24.2 Å². The van der Waals surface area contributed by atoms with Gasteiger partial charge in [0.2, 0.25) is 5.91 Å². The first-order valence-electron chi connectivity index (χ1n) is 11.8. The molecule has 5 rings (SSSR count). The summed E-state index contributed by atoms with van der Waals surface area (Å²) < 4.78 is 39.9. The molecule has 2 saturated heterocycles. The second-order valence-corrected chi connectivity index (χ2v) is 10.1. The van der Waals surface area contributed by atoms with Crippen LogP contribution in [0.3, 0.4) is 0 Å². The van der Waals surface area contributed by atoms with Gasteiger partial charge in [-0.1, -0.05) is 6.42 Å². The van der Waals surface area contributed by atoms with Crippen molar-refractivity contribution in [2.45, 2.75) is 57.5 Å². The van der Waals surface area contributed by atoms with Gasteiger partial charge in [-0.3, -0.25) is 9.59 Å². The number of carbonyl (C=O) groups excluding carboxylic acids is 2. The number of rotatable bonds is 4. The number of nitrogens with zero attached hydrogens (tertiary/aromatic N) is 2. The number of halogens is 3. The Morgan fingerprint density at radius 3 is 2.31 bits per heavy atom. The van der Waals surface area contributed by atoms with Crippen molar-refractivity contribution in [3.05, 3.63) is 23.8 Å². The van der Waals surface area contributed by atoms with E-state index in [-0.39, 0.29) is 38.7 Å². The van der Waals surface area contributed by atoms with Gasteiger partial charge >= 0.3 is 6.18 Å². The fourth-order valence-electron chi connectivity index (χ4n) is 5.42. The summed E-state index contributed by atoms with van der Waals surface area (Å²) >= 11 is 0. The number of anilines is 2. The van der Waals surface area contributed by atoms with E-state index in [0.717, 1.165) is 25.7 Å². The summed E-state index contributed by atoms with van der Waals surface area (Å²) in [4.78, 5) is 29.1. The maximum Gasteiger partial charge on any atom is 0.393 e. The standard InChI is InChI=1S/C24H30F3N3O2.H2/c25-24(26,27)17-6-11-30(15-17)20-14-18(28-21(31)16-2-3-16)4-5-19(20)22(32)29-12-9-23(10-13-29)7-1-8-23;/h4-5,14,16-17H,1-3,6-13,15H2,(H,28,31);1H. The molecular formula is C24H32F3N3O2. The predicted octanol–water partition coefficient (Wildman–Crippen LogP) is 5.08. The zero-order chi connectivity index (χ0) is 22.5. The Balaban J connectivity index is 0.00000259. The predicted molar refractivity (Wildman–Crippen MR) is 118 cm³/mol. The average Bonchev–Trinajstić information content (AvgIpc) is 3.47. The molecule has 32 heavy (non-hydrogen) atoms. The Morgan fingerprint density at radius 1 is 1.03 bits per heavy atom. The summed E-state index contributed by atoms with van der Waals surface area (Å²) in [7, 11) is 0. The first-order chi connectivity index (χ1) is 15.2. The fraction of sp³-hybridized carbons (Fsp3) is 0.667. The van der Waals surface area contributed by atoms with E-state index in [9.17, 15) is 22.8 Å². The summed E-state index contributed by atoms with van der Waals surface area (Å²) in [5.74, 6) is -1.56. The summed E-state index contributed by atoms with van der Waals surface area (Å²) in [6, 6.07) is 5.06. The Hall–Kier alpha value is -2.25. The molecule has 2 heterocycles. The lowest BCUT2D eigenvalue weighted by atomic mass is 9.63. The van der Waals surface area contributed by atoms with Crippen LogP contribution < -0.4 is 10.2 Å². The number of likely N-dealkylation sites (tertiary alicyclic amines) is 1. The highest BCUT2D eigenvalue weighted by molar-refractivity contribution is 6.02. The number of hydrogen-bond acceptors (Lipinski definition) is 3. The van der Waals surface area contributed by atoms with Gasteiger partial charge < -0.3 is 15.1 Å². The molecule has 2 aliphatic heterocycles. The second kappa shape index (κ2) is 7.96.